The van der Waals surface area contributed by atoms with Crippen LogP contribution in [-0.4, -0.2) is 66.0 Å². The minimum atomic E-state index is -0.386. The van der Waals surface area contributed by atoms with Crippen LogP contribution >= 0.6 is 0 Å². The Balaban J connectivity index is 1.23. The number of nitrogens with one attached hydrogen (secondary N) is 1. The Hall–Kier alpha value is -2.02. The first-order chi connectivity index (χ1) is 14.6. The summed E-state index contributed by atoms with van der Waals surface area (Å²) < 4.78 is 0. The Morgan fingerprint density at radius 1 is 1.06 bits per heavy atom. The van der Waals surface area contributed by atoms with E-state index in [2.05, 4.69) is 35.6 Å². The van der Waals surface area contributed by atoms with Crippen molar-refractivity contribution in [3.8, 4) is 0 Å². The number of hydrogen-bond donors (Lipinski definition) is 1. The number of quaternary nitrogens is 1. The van der Waals surface area contributed by atoms with Gasteiger partial charge in [-0.15, -0.1) is 0 Å². The Bertz CT molecular complexity index is 841. The van der Waals surface area contributed by atoms with Crippen LogP contribution in [0.3, 0.4) is 0 Å². The fraction of sp³-hybridized carbons (Fsp3) is 0.750. The second kappa shape index (κ2) is 8.15. The molecule has 2 saturated heterocycles. The predicted molar refractivity (Wildman–Crippen MR) is 120 cm³/mol. The van der Waals surface area contributed by atoms with Gasteiger partial charge in [-0.05, 0) is 51.0 Å². The lowest BCUT2D eigenvalue weighted by Gasteiger charge is -2.47. The van der Waals surface area contributed by atoms with E-state index in [1.165, 1.54) is 0 Å². The molecule has 7 nitrogen and oxygen atoms in total. The second-order valence-corrected chi connectivity index (χ2v) is 10.6. The standard InChI is InChI=1S/C24H37N5O2/c1-17-16-18(2)26-22(25-17)28-14-12-27(13-15-28)10-6-7-11-29-20(30)19-8-9-24(5,21(29)31)23(19,3)4/h16,19H,6-15H2,1-5H3/p+1/t19-,24-/m1/s1. The molecule has 2 amide bonds. The highest BCUT2D eigenvalue weighted by atomic mass is 16.2. The summed E-state index contributed by atoms with van der Waals surface area (Å²) in [7, 11) is 0. The molecule has 2 aliphatic heterocycles. The van der Waals surface area contributed by atoms with Crippen LogP contribution in [0.25, 0.3) is 0 Å². The van der Waals surface area contributed by atoms with Gasteiger partial charge in [0.05, 0.1) is 38.1 Å². The Kier molecular flexibility index (Phi) is 5.83. The molecular weight excluding hydrogens is 390 g/mol. The van der Waals surface area contributed by atoms with Crippen molar-refractivity contribution in [1.82, 2.24) is 14.9 Å². The maximum absolute atomic E-state index is 13.1. The molecule has 3 heterocycles. The monoisotopic (exact) mass is 428 g/mol. The van der Waals surface area contributed by atoms with Gasteiger partial charge in [0, 0.05) is 23.9 Å². The molecule has 7 heteroatoms. The minimum absolute atomic E-state index is 0.00128. The van der Waals surface area contributed by atoms with Gasteiger partial charge in [0.1, 0.15) is 0 Å². The molecule has 0 spiro atoms. The van der Waals surface area contributed by atoms with Gasteiger partial charge in [0.2, 0.25) is 17.8 Å². The molecule has 0 radical (unpaired) electrons. The fourth-order valence-corrected chi connectivity index (χ4v) is 5.88. The summed E-state index contributed by atoms with van der Waals surface area (Å²) >= 11 is 0. The van der Waals surface area contributed by atoms with Gasteiger partial charge in [0.15, 0.2) is 0 Å². The molecule has 3 aliphatic rings. The largest absolute Gasteiger partial charge is 0.332 e. The summed E-state index contributed by atoms with van der Waals surface area (Å²) in [5.74, 6) is 0.983. The van der Waals surface area contributed by atoms with E-state index in [-0.39, 0.29) is 28.6 Å². The number of carbonyl (C=O) groups is 2. The summed E-state index contributed by atoms with van der Waals surface area (Å²) in [4.78, 5) is 40.7. The van der Waals surface area contributed by atoms with Gasteiger partial charge in [-0.1, -0.05) is 20.8 Å². The normalized spacial score (nSPS) is 28.5. The number of piperazine rings is 1. The average molecular weight is 429 g/mol. The average Bonchev–Trinajstić information content (AvgIpc) is 2.90. The van der Waals surface area contributed by atoms with Gasteiger partial charge in [-0.3, -0.25) is 14.5 Å². The van der Waals surface area contributed by atoms with Crippen LogP contribution in [0.2, 0.25) is 0 Å². The molecule has 2 bridgehead atoms. The van der Waals surface area contributed by atoms with Gasteiger partial charge in [0.25, 0.3) is 0 Å². The predicted octanol–water partition coefficient (Wildman–Crippen LogP) is 1.39. The van der Waals surface area contributed by atoms with Crippen LogP contribution in [0.1, 0.15) is 57.8 Å². The van der Waals surface area contributed by atoms with E-state index in [1.54, 1.807) is 9.80 Å². The van der Waals surface area contributed by atoms with Crippen molar-refractivity contribution in [3.05, 3.63) is 17.5 Å². The molecular formula is C24H38N5O2+. The first-order valence-corrected chi connectivity index (χ1v) is 11.9. The summed E-state index contributed by atoms with van der Waals surface area (Å²) in [5.41, 5.74) is 1.43. The third-order valence-corrected chi connectivity index (χ3v) is 8.39. The Morgan fingerprint density at radius 3 is 2.35 bits per heavy atom. The number of piperidine rings is 1. The number of carbonyl (C=O) groups excluding carboxylic acids is 2. The number of nitrogens with zero attached hydrogens (tertiary/aromatic N) is 4. The first kappa shape index (κ1) is 22.2. The highest BCUT2D eigenvalue weighted by Crippen LogP contribution is 2.60. The van der Waals surface area contributed by atoms with Crippen molar-refractivity contribution in [2.75, 3.05) is 44.2 Å². The molecule has 0 unspecified atom stereocenters. The lowest BCUT2D eigenvalue weighted by Crippen LogP contribution is -3.14. The molecule has 3 fully saturated rings. The Morgan fingerprint density at radius 2 is 1.71 bits per heavy atom. The lowest BCUT2D eigenvalue weighted by atomic mass is 9.62. The van der Waals surface area contributed by atoms with Gasteiger partial charge in [-0.2, -0.15) is 0 Å². The molecule has 31 heavy (non-hydrogen) atoms. The molecule has 1 N–H and O–H groups in total. The number of amides is 2. The van der Waals surface area contributed by atoms with Crippen molar-refractivity contribution in [1.29, 1.82) is 0 Å². The van der Waals surface area contributed by atoms with Crippen molar-refractivity contribution in [3.63, 3.8) is 0 Å². The van der Waals surface area contributed by atoms with Gasteiger partial charge >= 0.3 is 0 Å². The number of aryl methyl sites for hydroxylation is 2. The summed E-state index contributed by atoms with van der Waals surface area (Å²) in [5, 5.41) is 0. The van der Waals surface area contributed by atoms with Crippen molar-refractivity contribution in [2.45, 2.75) is 60.3 Å². The maximum Gasteiger partial charge on any atom is 0.235 e. The minimum Gasteiger partial charge on any atom is -0.332 e. The fourth-order valence-electron chi connectivity index (χ4n) is 5.88. The number of rotatable bonds is 6. The second-order valence-electron chi connectivity index (χ2n) is 10.6. The number of anilines is 1. The smallest absolute Gasteiger partial charge is 0.235 e. The molecule has 2 atom stereocenters. The van der Waals surface area contributed by atoms with E-state index in [0.717, 1.165) is 75.7 Å². The molecule has 170 valence electrons. The lowest BCUT2D eigenvalue weighted by molar-refractivity contribution is -0.900. The first-order valence-electron chi connectivity index (χ1n) is 11.9. The molecule has 1 aliphatic carbocycles. The van der Waals surface area contributed by atoms with Crippen molar-refractivity contribution < 1.29 is 14.5 Å². The summed E-state index contributed by atoms with van der Waals surface area (Å²) in [6.07, 6.45) is 3.62. The van der Waals surface area contributed by atoms with Crippen molar-refractivity contribution in [2.24, 2.45) is 16.7 Å². The summed E-state index contributed by atoms with van der Waals surface area (Å²) in [6.45, 7) is 16.1. The topological polar surface area (TPSA) is 70.8 Å². The zero-order valence-corrected chi connectivity index (χ0v) is 19.8. The van der Waals surface area contributed by atoms with Crippen LogP contribution < -0.4 is 9.80 Å². The van der Waals surface area contributed by atoms with Gasteiger partial charge in [-0.25, -0.2) is 9.97 Å². The van der Waals surface area contributed by atoms with E-state index >= 15 is 0 Å². The molecule has 4 rings (SSSR count). The van der Waals surface area contributed by atoms with Crippen LogP contribution in [0.4, 0.5) is 5.95 Å². The van der Waals surface area contributed by atoms with Crippen molar-refractivity contribution >= 4 is 17.8 Å². The SMILES string of the molecule is Cc1cc(C)nc(N2CC[NH+](CCCCN3C(=O)[C@H]4CC[C@](C)(C3=O)C4(C)C)CC2)n1. The quantitative estimate of drug-likeness (QED) is 0.548. The van der Waals surface area contributed by atoms with Crippen LogP contribution in [-0.2, 0) is 9.59 Å². The van der Waals surface area contributed by atoms with E-state index in [1.807, 2.05) is 19.9 Å². The highest BCUT2D eigenvalue weighted by Gasteiger charge is 2.64. The third-order valence-electron chi connectivity index (χ3n) is 8.39. The molecule has 0 aromatic carbocycles. The number of aromatic nitrogens is 2. The number of hydrogen-bond acceptors (Lipinski definition) is 5. The third kappa shape index (κ3) is 3.86. The van der Waals surface area contributed by atoms with E-state index < -0.39 is 0 Å². The molecule has 1 saturated carbocycles. The number of unbranched alkanes of at least 4 members (excludes halogenated alkanes) is 1. The number of likely N-dealkylation sites (tertiary alicyclic amines) is 1. The highest BCUT2D eigenvalue weighted by molar-refractivity contribution is 6.03. The van der Waals surface area contributed by atoms with Crippen LogP contribution in [0.15, 0.2) is 6.07 Å². The Labute approximate surface area is 186 Å². The maximum atomic E-state index is 13.1. The summed E-state index contributed by atoms with van der Waals surface area (Å²) in [6, 6.07) is 2.01. The number of fused-ring (bicyclic) bond motifs is 2. The van der Waals surface area contributed by atoms with E-state index in [9.17, 15) is 9.59 Å². The van der Waals surface area contributed by atoms with Crippen LogP contribution in [0.5, 0.6) is 0 Å². The molecule has 1 aromatic heterocycles. The van der Waals surface area contributed by atoms with E-state index in [0.29, 0.717) is 6.54 Å². The van der Waals surface area contributed by atoms with Crippen LogP contribution in [0, 0.1) is 30.6 Å². The van der Waals surface area contributed by atoms with E-state index in [4.69, 9.17) is 0 Å². The zero-order chi connectivity index (χ0) is 22.4. The zero-order valence-electron chi connectivity index (χ0n) is 19.8. The molecule has 1 aromatic rings. The number of imide groups is 1. The van der Waals surface area contributed by atoms with Gasteiger partial charge < -0.3 is 9.80 Å².